The molecule has 0 aliphatic carbocycles. The lowest BCUT2D eigenvalue weighted by atomic mass is 9.92. The Morgan fingerprint density at radius 3 is 2.49 bits per heavy atom. The third-order valence-electron chi connectivity index (χ3n) is 5.73. The number of aliphatic hydroxyl groups is 3. The molecule has 3 rings (SSSR count). The van der Waals surface area contributed by atoms with Gasteiger partial charge in [-0.1, -0.05) is 6.92 Å². The van der Waals surface area contributed by atoms with E-state index in [1.807, 2.05) is 4.98 Å². The molecule has 2 aromatic rings. The third kappa shape index (κ3) is 5.39. The van der Waals surface area contributed by atoms with Crippen molar-refractivity contribution in [3.63, 3.8) is 0 Å². The van der Waals surface area contributed by atoms with Gasteiger partial charge in [0.2, 0.25) is 5.91 Å². The summed E-state index contributed by atoms with van der Waals surface area (Å²) in [5.74, 6) is -3.75. The van der Waals surface area contributed by atoms with Crippen molar-refractivity contribution in [2.24, 2.45) is 11.7 Å². The van der Waals surface area contributed by atoms with Crippen LogP contribution in [0.1, 0.15) is 24.9 Å². The Bertz CT molecular complexity index is 1180. The number of pyridine rings is 1. The van der Waals surface area contributed by atoms with Crippen LogP contribution in [0.25, 0.3) is 0 Å². The number of H-pyrrole nitrogens is 1. The summed E-state index contributed by atoms with van der Waals surface area (Å²) < 4.78 is 6.16. The number of nitrogens with two attached hydrogens (primary N) is 1. The maximum atomic E-state index is 12.7. The minimum atomic E-state index is -1.90. The van der Waals surface area contributed by atoms with E-state index in [4.69, 9.17) is 10.5 Å². The first-order valence-corrected chi connectivity index (χ1v) is 10.4. The monoisotopic (exact) mass is 495 g/mol. The van der Waals surface area contributed by atoms with Crippen LogP contribution in [0, 0.1) is 5.92 Å². The number of carbonyl (C=O) groups excluding carboxylic acids is 1. The van der Waals surface area contributed by atoms with E-state index in [1.54, 1.807) is 0 Å². The van der Waals surface area contributed by atoms with E-state index < -0.39 is 71.8 Å². The highest BCUT2D eigenvalue weighted by Crippen LogP contribution is 2.30. The van der Waals surface area contributed by atoms with Gasteiger partial charge in [-0.3, -0.25) is 24.1 Å². The van der Waals surface area contributed by atoms with Crippen molar-refractivity contribution in [1.29, 1.82) is 0 Å². The lowest BCUT2D eigenvalue weighted by Crippen LogP contribution is -2.57. The summed E-state index contributed by atoms with van der Waals surface area (Å²) in [6.07, 6.45) is -6.15. The molecule has 1 fully saturated rings. The summed E-state index contributed by atoms with van der Waals surface area (Å²) in [6.45, 7) is 1.42. The highest BCUT2D eigenvalue weighted by atomic mass is 16.6. The fourth-order valence-corrected chi connectivity index (χ4v) is 3.63. The maximum Gasteiger partial charge on any atom is 0.330 e. The van der Waals surface area contributed by atoms with E-state index in [9.17, 15) is 44.7 Å². The largest absolute Gasteiger partial charge is 0.506 e. The molecule has 15 heteroatoms. The molecular formula is C20H25N5O10. The number of amides is 1. The van der Waals surface area contributed by atoms with Crippen LogP contribution in [-0.2, 0) is 14.3 Å². The van der Waals surface area contributed by atoms with Crippen molar-refractivity contribution in [1.82, 2.24) is 19.9 Å². The van der Waals surface area contributed by atoms with Crippen LogP contribution in [0.4, 0.5) is 0 Å². The van der Waals surface area contributed by atoms with Gasteiger partial charge in [0, 0.05) is 18.2 Å². The van der Waals surface area contributed by atoms with Gasteiger partial charge in [-0.2, -0.15) is 0 Å². The topological polar surface area (TPSA) is 250 Å². The highest BCUT2D eigenvalue weighted by Gasteiger charge is 2.50. The van der Waals surface area contributed by atoms with E-state index in [-0.39, 0.29) is 11.4 Å². The standard InChI is InChI=1S/C20H25N5O10/c1-7(13(28)9-3-2-8(26)6-22-9)11(21)17(31)24-12(19(32)33)16-14(29)15(30)18(35-16)25-5-4-10(27)23-20(25)34/h2-7,11-16,18,26,28-30H,21H2,1H3,(H,24,31)(H,32,33)(H,23,27,34)/t7-,11-,12-,13-,14-,15+,16?,18+/m0/s1. The molecule has 9 N–H and O–H groups in total. The Morgan fingerprint density at radius 2 is 1.91 bits per heavy atom. The smallest absolute Gasteiger partial charge is 0.330 e. The second-order valence-corrected chi connectivity index (χ2v) is 8.09. The van der Waals surface area contributed by atoms with Crippen molar-refractivity contribution in [3.05, 3.63) is 57.1 Å². The number of rotatable bonds is 8. The summed E-state index contributed by atoms with van der Waals surface area (Å²) in [5, 5.41) is 52.3. The number of carboxylic acids is 1. The molecule has 35 heavy (non-hydrogen) atoms. The average molecular weight is 495 g/mol. The van der Waals surface area contributed by atoms with Gasteiger partial charge in [0.15, 0.2) is 12.3 Å². The molecule has 190 valence electrons. The molecule has 0 bridgehead atoms. The van der Waals surface area contributed by atoms with Gasteiger partial charge in [0.1, 0.15) is 30.2 Å². The van der Waals surface area contributed by atoms with Gasteiger partial charge in [-0.25, -0.2) is 9.59 Å². The quantitative estimate of drug-likeness (QED) is 0.178. The molecule has 1 aliphatic rings. The van der Waals surface area contributed by atoms with E-state index in [1.165, 1.54) is 19.1 Å². The van der Waals surface area contributed by atoms with Gasteiger partial charge < -0.3 is 41.3 Å². The number of aliphatic carboxylic acids is 1. The Kier molecular flexibility index (Phi) is 7.67. The van der Waals surface area contributed by atoms with E-state index in [0.717, 1.165) is 23.0 Å². The van der Waals surface area contributed by atoms with Crippen LogP contribution in [0.2, 0.25) is 0 Å². The van der Waals surface area contributed by atoms with Crippen molar-refractivity contribution in [3.8, 4) is 5.75 Å². The lowest BCUT2D eigenvalue weighted by Gasteiger charge is -2.28. The SMILES string of the molecule is C[C@@H]([C@H](N)C(=O)N[C@H](C(=O)O)C1O[C@@H](n2ccc(=O)[nH]c2=O)[C@H](O)[C@@H]1O)[C@H](O)c1ccc(O)cn1. The molecule has 15 nitrogen and oxygen atoms in total. The first-order chi connectivity index (χ1) is 16.4. The molecule has 3 heterocycles. The normalized spacial score (nSPS) is 25.4. The lowest BCUT2D eigenvalue weighted by molar-refractivity contribution is -0.149. The molecule has 1 saturated heterocycles. The Balaban J connectivity index is 1.76. The molecule has 1 unspecified atom stereocenters. The van der Waals surface area contributed by atoms with Gasteiger partial charge in [-0.15, -0.1) is 0 Å². The zero-order chi connectivity index (χ0) is 26.0. The molecule has 2 aromatic heterocycles. The number of aliphatic hydroxyl groups excluding tert-OH is 3. The fraction of sp³-hybridized carbons (Fsp3) is 0.450. The summed E-state index contributed by atoms with van der Waals surface area (Å²) in [6, 6.07) is 0.215. The second-order valence-electron chi connectivity index (χ2n) is 8.09. The maximum absolute atomic E-state index is 12.7. The van der Waals surface area contributed by atoms with Crippen LogP contribution in [0.3, 0.4) is 0 Å². The minimum absolute atomic E-state index is 0.111. The number of aromatic nitrogens is 3. The van der Waals surface area contributed by atoms with Crippen LogP contribution in [-0.4, -0.2) is 82.3 Å². The average Bonchev–Trinajstić information content (AvgIpc) is 3.10. The first-order valence-electron chi connectivity index (χ1n) is 10.4. The molecule has 1 amide bonds. The van der Waals surface area contributed by atoms with Crippen molar-refractivity contribution >= 4 is 11.9 Å². The molecule has 1 aliphatic heterocycles. The second kappa shape index (κ2) is 10.3. The van der Waals surface area contributed by atoms with E-state index >= 15 is 0 Å². The van der Waals surface area contributed by atoms with Crippen LogP contribution < -0.4 is 22.3 Å². The summed E-state index contributed by atoms with van der Waals surface area (Å²) in [4.78, 5) is 53.7. The number of ether oxygens (including phenoxy) is 1. The van der Waals surface area contributed by atoms with Gasteiger partial charge in [0.25, 0.3) is 5.56 Å². The number of nitrogens with zero attached hydrogens (tertiary/aromatic N) is 2. The molecular weight excluding hydrogens is 470 g/mol. The number of nitrogens with one attached hydrogen (secondary N) is 2. The summed E-state index contributed by atoms with van der Waals surface area (Å²) in [5.41, 5.74) is 4.33. The molecule has 8 atom stereocenters. The number of hydrogen-bond donors (Lipinski definition) is 8. The van der Waals surface area contributed by atoms with Crippen LogP contribution in [0.5, 0.6) is 5.75 Å². The van der Waals surface area contributed by atoms with Gasteiger partial charge in [0.05, 0.1) is 17.9 Å². The zero-order valence-corrected chi connectivity index (χ0v) is 18.3. The number of carbonyl (C=O) groups is 2. The van der Waals surface area contributed by atoms with Crippen molar-refractivity contribution in [2.75, 3.05) is 0 Å². The van der Waals surface area contributed by atoms with Crippen LogP contribution >= 0.6 is 0 Å². The van der Waals surface area contributed by atoms with E-state index in [2.05, 4.69) is 10.3 Å². The van der Waals surface area contributed by atoms with Crippen molar-refractivity contribution in [2.45, 2.75) is 49.7 Å². The Morgan fingerprint density at radius 1 is 1.23 bits per heavy atom. The third-order valence-corrected chi connectivity index (χ3v) is 5.73. The van der Waals surface area contributed by atoms with Crippen molar-refractivity contribution < 1.29 is 39.9 Å². The first kappa shape index (κ1) is 26.0. The predicted molar refractivity (Wildman–Crippen MR) is 115 cm³/mol. The van der Waals surface area contributed by atoms with Crippen LogP contribution in [0.15, 0.2) is 40.2 Å². The molecule has 0 spiro atoms. The predicted octanol–water partition coefficient (Wildman–Crippen LogP) is -3.48. The number of aromatic hydroxyl groups is 1. The molecule has 0 saturated carbocycles. The van der Waals surface area contributed by atoms with Gasteiger partial charge in [-0.05, 0) is 12.1 Å². The fourth-order valence-electron chi connectivity index (χ4n) is 3.63. The Hall–Kier alpha value is -3.63. The Labute approximate surface area is 196 Å². The zero-order valence-electron chi connectivity index (χ0n) is 18.3. The summed E-state index contributed by atoms with van der Waals surface area (Å²) in [7, 11) is 0. The minimum Gasteiger partial charge on any atom is -0.506 e. The highest BCUT2D eigenvalue weighted by molar-refractivity contribution is 5.87. The number of hydrogen-bond acceptors (Lipinski definition) is 11. The number of carboxylic acid groups (broad SMARTS) is 1. The van der Waals surface area contributed by atoms with E-state index in [0.29, 0.717) is 0 Å². The summed E-state index contributed by atoms with van der Waals surface area (Å²) >= 11 is 0. The van der Waals surface area contributed by atoms with Gasteiger partial charge >= 0.3 is 11.7 Å². The molecule has 0 aromatic carbocycles. The number of aromatic amines is 1. The molecule has 0 radical (unpaired) electrons.